The van der Waals surface area contributed by atoms with Gasteiger partial charge in [0.1, 0.15) is 0 Å². The Morgan fingerprint density at radius 1 is 0.667 bits per heavy atom. The van der Waals surface area contributed by atoms with Gasteiger partial charge in [-0.15, -0.1) is 0 Å². The maximum absolute atomic E-state index is 6.10. The smallest absolute Gasteiger partial charge is 0.0446 e. The summed E-state index contributed by atoms with van der Waals surface area (Å²) >= 11 is 12.2. The molecule has 2 rings (SSSR count). The summed E-state index contributed by atoms with van der Waals surface area (Å²) in [5.41, 5.74) is 2.35. The number of hydrogen-bond acceptors (Lipinski definition) is 2. The summed E-state index contributed by atoms with van der Waals surface area (Å²) in [6.07, 6.45) is 0. The molecule has 0 fully saturated rings. The van der Waals surface area contributed by atoms with Crippen molar-refractivity contribution < 1.29 is 0 Å². The molecule has 0 atom stereocenters. The fourth-order valence-electron chi connectivity index (χ4n) is 1.44. The van der Waals surface area contributed by atoms with Gasteiger partial charge in [-0.25, -0.2) is 0 Å². The molecule has 2 aromatic rings. The molecule has 4 heteroatoms. The molecule has 0 aliphatic rings. The van der Waals surface area contributed by atoms with E-state index >= 15 is 0 Å². The third-order valence-corrected chi connectivity index (χ3v) is 5.40. The van der Waals surface area contributed by atoms with E-state index < -0.39 is 0 Å². The van der Waals surface area contributed by atoms with Gasteiger partial charge in [0.25, 0.3) is 0 Å². The van der Waals surface area contributed by atoms with E-state index in [0.29, 0.717) is 0 Å². The van der Waals surface area contributed by atoms with Crippen molar-refractivity contribution in [2.45, 2.75) is 11.5 Å². The van der Waals surface area contributed by atoms with Crippen LogP contribution in [0.2, 0.25) is 10.0 Å². The van der Waals surface area contributed by atoms with Crippen LogP contribution >= 0.6 is 44.8 Å². The van der Waals surface area contributed by atoms with E-state index in [1.807, 2.05) is 36.4 Å². The second-order valence-corrected chi connectivity index (χ2v) is 6.98. The maximum Gasteiger partial charge on any atom is 0.0446 e. The van der Waals surface area contributed by atoms with Gasteiger partial charge >= 0.3 is 0 Å². The van der Waals surface area contributed by atoms with Crippen molar-refractivity contribution in [3.05, 3.63) is 69.7 Å². The molecule has 0 aliphatic carbocycles. The molecule has 18 heavy (non-hydrogen) atoms. The summed E-state index contributed by atoms with van der Waals surface area (Å²) in [4.78, 5) is 0. The van der Waals surface area contributed by atoms with Crippen LogP contribution in [0.1, 0.15) is 11.1 Å². The molecular weight excluding hydrogens is 303 g/mol. The minimum Gasteiger partial charge on any atom is -0.0889 e. The zero-order valence-corrected chi connectivity index (χ0v) is 12.8. The fraction of sp³-hybridized carbons (Fsp3) is 0.143. The van der Waals surface area contributed by atoms with Crippen LogP contribution in [0.25, 0.3) is 0 Å². The number of benzene rings is 2. The Balaban J connectivity index is 1.80. The van der Waals surface area contributed by atoms with Gasteiger partial charge in [-0.05, 0) is 23.3 Å². The molecule has 0 aliphatic heterocycles. The molecule has 0 amide bonds. The van der Waals surface area contributed by atoms with Crippen LogP contribution in [0, 0.1) is 0 Å². The first-order valence-electron chi connectivity index (χ1n) is 5.48. The van der Waals surface area contributed by atoms with Crippen molar-refractivity contribution in [3.8, 4) is 0 Å². The Morgan fingerprint density at radius 3 is 1.44 bits per heavy atom. The number of halogens is 2. The minimum absolute atomic E-state index is 0.836. The van der Waals surface area contributed by atoms with Gasteiger partial charge in [0.2, 0.25) is 0 Å². The van der Waals surface area contributed by atoms with Crippen LogP contribution in [0.3, 0.4) is 0 Å². The summed E-state index contributed by atoms with van der Waals surface area (Å²) in [6.45, 7) is 0. The van der Waals surface area contributed by atoms with Crippen LogP contribution in [0.15, 0.2) is 48.5 Å². The third-order valence-electron chi connectivity index (χ3n) is 2.43. The second kappa shape index (κ2) is 7.34. The van der Waals surface area contributed by atoms with Crippen LogP contribution in [0.5, 0.6) is 0 Å². The average molecular weight is 315 g/mol. The lowest BCUT2D eigenvalue weighted by molar-refractivity contribution is 1.42. The monoisotopic (exact) mass is 314 g/mol. The minimum atomic E-state index is 0.836. The van der Waals surface area contributed by atoms with Crippen molar-refractivity contribution in [2.75, 3.05) is 0 Å². The van der Waals surface area contributed by atoms with Gasteiger partial charge in [0.05, 0.1) is 0 Å². The lowest BCUT2D eigenvalue weighted by Gasteiger charge is -2.05. The van der Waals surface area contributed by atoms with Crippen molar-refractivity contribution in [2.24, 2.45) is 0 Å². The Morgan fingerprint density at radius 2 is 1.06 bits per heavy atom. The summed E-state index contributed by atoms with van der Waals surface area (Å²) in [5, 5.41) is 1.67. The predicted octanol–water partition coefficient (Wildman–Crippen LogP) is 6.08. The molecular formula is C14H12Cl2S2. The molecule has 0 saturated carbocycles. The molecule has 0 nitrogen and oxygen atoms in total. The summed E-state index contributed by atoms with van der Waals surface area (Å²) in [7, 11) is 3.60. The van der Waals surface area contributed by atoms with Crippen LogP contribution in [-0.4, -0.2) is 0 Å². The highest BCUT2D eigenvalue weighted by atomic mass is 35.5. The van der Waals surface area contributed by atoms with E-state index in [9.17, 15) is 0 Å². The fourth-order valence-corrected chi connectivity index (χ4v) is 4.19. The second-order valence-electron chi connectivity index (χ2n) is 3.71. The molecule has 0 spiro atoms. The molecule has 0 aromatic heterocycles. The number of rotatable bonds is 5. The van der Waals surface area contributed by atoms with Crippen molar-refractivity contribution in [1.82, 2.24) is 0 Å². The van der Waals surface area contributed by atoms with E-state index in [1.165, 1.54) is 11.1 Å². The van der Waals surface area contributed by atoms with E-state index in [0.717, 1.165) is 21.6 Å². The Labute approximate surface area is 125 Å². The van der Waals surface area contributed by atoms with Crippen LogP contribution < -0.4 is 0 Å². The average Bonchev–Trinajstić information content (AvgIpc) is 2.38. The standard InChI is InChI=1S/C14H12Cl2S2/c15-13-7-3-1-5-11(13)9-17-18-10-12-6-2-4-8-14(12)16/h1-8H,9-10H2. The van der Waals surface area contributed by atoms with Gasteiger partial charge < -0.3 is 0 Å². The quantitative estimate of drug-likeness (QED) is 0.485. The van der Waals surface area contributed by atoms with Gasteiger partial charge in [-0.1, -0.05) is 81.2 Å². The first-order valence-corrected chi connectivity index (χ1v) is 8.73. The lowest BCUT2D eigenvalue weighted by atomic mass is 10.2. The Kier molecular flexibility index (Phi) is 5.77. The Bertz CT molecular complexity index is 467. The van der Waals surface area contributed by atoms with E-state index in [1.54, 1.807) is 21.6 Å². The van der Waals surface area contributed by atoms with Gasteiger partial charge in [0, 0.05) is 21.6 Å². The van der Waals surface area contributed by atoms with Gasteiger partial charge in [-0.2, -0.15) is 0 Å². The van der Waals surface area contributed by atoms with Crippen molar-refractivity contribution in [3.63, 3.8) is 0 Å². The third kappa shape index (κ3) is 4.13. The van der Waals surface area contributed by atoms with Crippen molar-refractivity contribution >= 4 is 44.8 Å². The predicted molar refractivity (Wildman–Crippen MR) is 85.5 cm³/mol. The zero-order chi connectivity index (χ0) is 12.8. The highest BCUT2D eigenvalue weighted by Crippen LogP contribution is 2.33. The summed E-state index contributed by atoms with van der Waals surface area (Å²) in [5.74, 6) is 1.82. The molecule has 94 valence electrons. The molecule has 0 radical (unpaired) electrons. The largest absolute Gasteiger partial charge is 0.0889 e. The molecule has 2 aromatic carbocycles. The first-order chi connectivity index (χ1) is 8.77. The van der Waals surface area contributed by atoms with Gasteiger partial charge in [0.15, 0.2) is 0 Å². The molecule has 0 heterocycles. The molecule has 0 unspecified atom stereocenters. The first kappa shape index (κ1) is 14.1. The highest BCUT2D eigenvalue weighted by molar-refractivity contribution is 8.76. The molecule has 0 bridgehead atoms. The summed E-state index contributed by atoms with van der Waals surface area (Å²) in [6, 6.07) is 15.9. The molecule has 0 N–H and O–H groups in total. The van der Waals surface area contributed by atoms with Crippen LogP contribution in [0.4, 0.5) is 0 Å². The summed E-state index contributed by atoms with van der Waals surface area (Å²) < 4.78 is 0. The normalized spacial score (nSPS) is 10.6. The van der Waals surface area contributed by atoms with E-state index in [2.05, 4.69) is 12.1 Å². The topological polar surface area (TPSA) is 0 Å². The van der Waals surface area contributed by atoms with Crippen molar-refractivity contribution in [1.29, 1.82) is 0 Å². The highest BCUT2D eigenvalue weighted by Gasteiger charge is 2.02. The molecule has 0 saturated heterocycles. The van der Waals surface area contributed by atoms with Gasteiger partial charge in [-0.3, -0.25) is 0 Å². The zero-order valence-electron chi connectivity index (χ0n) is 9.61. The maximum atomic E-state index is 6.10. The SMILES string of the molecule is Clc1ccccc1CSSCc1ccccc1Cl. The lowest BCUT2D eigenvalue weighted by Crippen LogP contribution is -1.82. The van der Waals surface area contributed by atoms with E-state index in [-0.39, 0.29) is 0 Å². The van der Waals surface area contributed by atoms with E-state index in [4.69, 9.17) is 23.2 Å². The Hall–Kier alpha value is -0.280. The van der Waals surface area contributed by atoms with Crippen LogP contribution in [-0.2, 0) is 11.5 Å². The number of hydrogen-bond donors (Lipinski definition) is 0.